The molecule has 138 valence electrons. The maximum atomic E-state index is 12.9. The monoisotopic (exact) mass is 355 g/mol. The van der Waals surface area contributed by atoms with Gasteiger partial charge in [0.05, 0.1) is 17.3 Å². The van der Waals surface area contributed by atoms with Crippen molar-refractivity contribution in [2.24, 2.45) is 0 Å². The number of amides is 1. The highest BCUT2D eigenvalue weighted by molar-refractivity contribution is 5.94. The predicted octanol–water partition coefficient (Wildman–Crippen LogP) is 1.37. The molecule has 0 saturated carbocycles. The lowest BCUT2D eigenvalue weighted by Crippen LogP contribution is -2.32. The van der Waals surface area contributed by atoms with Crippen LogP contribution in [0.5, 0.6) is 0 Å². The first-order valence-corrected chi connectivity index (χ1v) is 8.72. The summed E-state index contributed by atoms with van der Waals surface area (Å²) in [6.07, 6.45) is 6.76. The van der Waals surface area contributed by atoms with Crippen LogP contribution < -0.4 is 4.90 Å². The number of nitrogens with zero attached hydrogens (tertiary/aromatic N) is 7. The van der Waals surface area contributed by atoms with E-state index in [0.29, 0.717) is 23.9 Å². The van der Waals surface area contributed by atoms with Crippen LogP contribution in [0.2, 0.25) is 0 Å². The SMILES string of the molecule is CN(C)Cc1ccnc([C@@H]2CCCN2C(=O)c2cnc(N(C)C)nc2)n1. The van der Waals surface area contributed by atoms with Crippen molar-refractivity contribution >= 4 is 11.9 Å². The molecule has 1 saturated heterocycles. The van der Waals surface area contributed by atoms with Gasteiger partial charge in [0.2, 0.25) is 5.95 Å². The molecular formula is C18H25N7O. The Labute approximate surface area is 153 Å². The standard InChI is InChI=1S/C18H25N7O/c1-23(2)12-14-7-8-19-16(22-14)15-6-5-9-25(15)17(26)13-10-20-18(21-11-13)24(3)4/h7-8,10-11,15H,5-6,9,12H2,1-4H3/t15-/m0/s1. The van der Waals surface area contributed by atoms with E-state index in [0.717, 1.165) is 25.1 Å². The van der Waals surface area contributed by atoms with E-state index in [-0.39, 0.29) is 11.9 Å². The third-order valence-corrected chi connectivity index (χ3v) is 4.31. The number of carbonyl (C=O) groups excluding carboxylic acids is 1. The van der Waals surface area contributed by atoms with Crippen molar-refractivity contribution < 1.29 is 4.79 Å². The van der Waals surface area contributed by atoms with Gasteiger partial charge < -0.3 is 14.7 Å². The fourth-order valence-corrected chi connectivity index (χ4v) is 3.09. The van der Waals surface area contributed by atoms with Crippen LogP contribution in [0.1, 0.15) is 40.8 Å². The number of aromatic nitrogens is 4. The highest BCUT2D eigenvalue weighted by Gasteiger charge is 2.33. The minimum atomic E-state index is -0.0989. The van der Waals surface area contributed by atoms with Crippen molar-refractivity contribution in [2.45, 2.75) is 25.4 Å². The zero-order valence-electron chi connectivity index (χ0n) is 15.8. The molecule has 3 heterocycles. The van der Waals surface area contributed by atoms with Crippen molar-refractivity contribution in [3.8, 4) is 0 Å². The fraction of sp³-hybridized carbons (Fsp3) is 0.500. The molecule has 2 aromatic rings. The van der Waals surface area contributed by atoms with Crippen LogP contribution in [0.3, 0.4) is 0 Å². The summed E-state index contributed by atoms with van der Waals surface area (Å²) in [6, 6.07) is 1.82. The van der Waals surface area contributed by atoms with E-state index >= 15 is 0 Å². The van der Waals surface area contributed by atoms with Crippen molar-refractivity contribution in [3.05, 3.63) is 41.7 Å². The average molecular weight is 355 g/mol. The smallest absolute Gasteiger partial charge is 0.257 e. The highest BCUT2D eigenvalue weighted by atomic mass is 16.2. The predicted molar refractivity (Wildman–Crippen MR) is 98.8 cm³/mol. The van der Waals surface area contributed by atoms with Crippen molar-refractivity contribution in [2.75, 3.05) is 39.6 Å². The second-order valence-electron chi connectivity index (χ2n) is 6.97. The minimum absolute atomic E-state index is 0.0700. The normalized spacial score (nSPS) is 17.0. The Morgan fingerprint density at radius 1 is 1.19 bits per heavy atom. The Bertz CT molecular complexity index is 760. The number of anilines is 1. The molecule has 1 aliphatic rings. The van der Waals surface area contributed by atoms with Gasteiger partial charge in [-0.1, -0.05) is 0 Å². The molecule has 0 N–H and O–H groups in total. The van der Waals surface area contributed by atoms with Crippen LogP contribution in [0.4, 0.5) is 5.95 Å². The quantitative estimate of drug-likeness (QED) is 0.801. The van der Waals surface area contributed by atoms with E-state index in [1.807, 2.05) is 39.2 Å². The maximum absolute atomic E-state index is 12.9. The maximum Gasteiger partial charge on any atom is 0.257 e. The number of hydrogen-bond donors (Lipinski definition) is 0. The summed E-state index contributed by atoms with van der Waals surface area (Å²) in [5.74, 6) is 1.22. The molecule has 1 atom stereocenters. The van der Waals surface area contributed by atoms with Gasteiger partial charge in [-0.25, -0.2) is 19.9 Å². The first kappa shape index (κ1) is 18.2. The molecule has 0 bridgehead atoms. The van der Waals surface area contributed by atoms with Gasteiger partial charge in [0, 0.05) is 45.8 Å². The first-order chi connectivity index (χ1) is 12.5. The van der Waals surface area contributed by atoms with Gasteiger partial charge in [-0.05, 0) is 33.0 Å². The summed E-state index contributed by atoms with van der Waals surface area (Å²) in [6.45, 7) is 1.44. The van der Waals surface area contributed by atoms with Crippen LogP contribution in [-0.2, 0) is 6.54 Å². The van der Waals surface area contributed by atoms with Gasteiger partial charge in [-0.3, -0.25) is 4.79 Å². The number of likely N-dealkylation sites (tertiary alicyclic amines) is 1. The molecule has 0 spiro atoms. The Balaban J connectivity index is 1.80. The van der Waals surface area contributed by atoms with Gasteiger partial charge in [0.25, 0.3) is 5.91 Å². The average Bonchev–Trinajstić information content (AvgIpc) is 3.10. The molecule has 0 aliphatic carbocycles. The van der Waals surface area contributed by atoms with Crippen LogP contribution in [0.15, 0.2) is 24.7 Å². The van der Waals surface area contributed by atoms with Crippen molar-refractivity contribution in [1.29, 1.82) is 0 Å². The molecule has 1 fully saturated rings. The van der Waals surface area contributed by atoms with Crippen LogP contribution in [-0.4, -0.2) is 70.4 Å². The summed E-state index contributed by atoms with van der Waals surface area (Å²) in [5, 5.41) is 0. The number of rotatable bonds is 5. The van der Waals surface area contributed by atoms with Crippen molar-refractivity contribution in [1.82, 2.24) is 29.7 Å². The molecule has 3 rings (SSSR count). The largest absolute Gasteiger partial charge is 0.347 e. The zero-order chi connectivity index (χ0) is 18.7. The molecule has 8 heteroatoms. The lowest BCUT2D eigenvalue weighted by molar-refractivity contribution is 0.0728. The second-order valence-corrected chi connectivity index (χ2v) is 6.97. The summed E-state index contributed by atoms with van der Waals surface area (Å²) in [7, 11) is 7.74. The second kappa shape index (κ2) is 7.74. The molecule has 2 aromatic heterocycles. The fourth-order valence-electron chi connectivity index (χ4n) is 3.09. The van der Waals surface area contributed by atoms with Gasteiger partial charge >= 0.3 is 0 Å². The van der Waals surface area contributed by atoms with Gasteiger partial charge in [0.15, 0.2) is 5.82 Å². The van der Waals surface area contributed by atoms with Crippen LogP contribution >= 0.6 is 0 Å². The van der Waals surface area contributed by atoms with E-state index in [2.05, 4.69) is 24.8 Å². The van der Waals surface area contributed by atoms with Crippen molar-refractivity contribution in [3.63, 3.8) is 0 Å². The summed E-state index contributed by atoms with van der Waals surface area (Å²) in [5.41, 5.74) is 1.45. The molecule has 0 unspecified atom stereocenters. The third-order valence-electron chi connectivity index (χ3n) is 4.31. The Kier molecular flexibility index (Phi) is 5.41. The molecule has 0 radical (unpaired) electrons. The molecular weight excluding hydrogens is 330 g/mol. The van der Waals surface area contributed by atoms with E-state index in [4.69, 9.17) is 0 Å². The highest BCUT2D eigenvalue weighted by Crippen LogP contribution is 2.31. The van der Waals surface area contributed by atoms with E-state index in [1.54, 1.807) is 23.5 Å². The Hall–Kier alpha value is -2.61. The minimum Gasteiger partial charge on any atom is -0.347 e. The molecule has 26 heavy (non-hydrogen) atoms. The molecule has 0 aromatic carbocycles. The molecule has 1 amide bonds. The summed E-state index contributed by atoms with van der Waals surface area (Å²) < 4.78 is 0. The molecule has 8 nitrogen and oxygen atoms in total. The van der Waals surface area contributed by atoms with Gasteiger partial charge in [-0.2, -0.15) is 0 Å². The lowest BCUT2D eigenvalue weighted by Gasteiger charge is -2.24. The lowest BCUT2D eigenvalue weighted by atomic mass is 10.2. The van der Waals surface area contributed by atoms with Crippen LogP contribution in [0.25, 0.3) is 0 Å². The first-order valence-electron chi connectivity index (χ1n) is 8.72. The van der Waals surface area contributed by atoms with E-state index in [1.165, 1.54) is 0 Å². The number of hydrogen-bond acceptors (Lipinski definition) is 7. The van der Waals surface area contributed by atoms with Gasteiger partial charge in [-0.15, -0.1) is 0 Å². The summed E-state index contributed by atoms with van der Waals surface area (Å²) in [4.78, 5) is 36.2. The third kappa shape index (κ3) is 3.96. The Morgan fingerprint density at radius 3 is 2.58 bits per heavy atom. The van der Waals surface area contributed by atoms with Gasteiger partial charge in [0.1, 0.15) is 0 Å². The summed E-state index contributed by atoms with van der Waals surface area (Å²) >= 11 is 0. The molecule has 1 aliphatic heterocycles. The number of carbonyl (C=O) groups is 1. The van der Waals surface area contributed by atoms with E-state index in [9.17, 15) is 4.79 Å². The Morgan fingerprint density at radius 2 is 1.92 bits per heavy atom. The van der Waals surface area contributed by atoms with Crippen LogP contribution in [0, 0.1) is 0 Å². The zero-order valence-corrected chi connectivity index (χ0v) is 15.8. The topological polar surface area (TPSA) is 78.4 Å². The van der Waals surface area contributed by atoms with E-state index < -0.39 is 0 Å².